The van der Waals surface area contributed by atoms with Crippen LogP contribution in [0.15, 0.2) is 12.1 Å². The molecule has 1 heterocycles. The van der Waals surface area contributed by atoms with Crippen molar-refractivity contribution in [3.8, 4) is 17.2 Å². The molecule has 0 spiro atoms. The lowest BCUT2D eigenvalue weighted by atomic mass is 9.60. The minimum atomic E-state index is -3.68. The Balaban J connectivity index is 2.38. The Morgan fingerprint density at radius 3 is 2.39 bits per heavy atom. The number of ether oxygens (including phenoxy) is 3. The summed E-state index contributed by atoms with van der Waals surface area (Å²) in [6, 6.07) is 2.59. The Hall–Kier alpha value is -1.43. The number of rotatable bonds is 3. The smallest absolute Gasteiger partial charge is 0.496 e. The Bertz CT molecular complexity index is 477. The van der Waals surface area contributed by atoms with Crippen molar-refractivity contribution < 1.29 is 23.0 Å². The van der Waals surface area contributed by atoms with Crippen LogP contribution >= 0.6 is 0 Å². The number of benzene rings is 1. The fraction of sp³-hybridized carbons (Fsp3) is 0.400. The largest absolute Gasteiger partial charge is 0.586 e. The third-order valence-corrected chi connectivity index (χ3v) is 2.30. The van der Waals surface area contributed by atoms with Crippen LogP contribution in [0.4, 0.5) is 8.78 Å². The first-order chi connectivity index (χ1) is 8.20. The van der Waals surface area contributed by atoms with Gasteiger partial charge in [0.15, 0.2) is 11.5 Å². The van der Waals surface area contributed by atoms with Crippen LogP contribution in [0.25, 0.3) is 0 Å². The molecule has 92 valence electrons. The van der Waals surface area contributed by atoms with E-state index in [1.54, 1.807) is 0 Å². The molecule has 2 rings (SSSR count). The van der Waals surface area contributed by atoms with Gasteiger partial charge >= 0.3 is 6.29 Å². The highest BCUT2D eigenvalue weighted by atomic mass is 19.3. The summed E-state index contributed by atoms with van der Waals surface area (Å²) in [4.78, 5) is 0. The van der Waals surface area contributed by atoms with E-state index >= 15 is 0 Å². The van der Waals surface area contributed by atoms with Crippen LogP contribution < -0.4 is 19.9 Å². The molecule has 4 nitrogen and oxygen atoms in total. The lowest BCUT2D eigenvalue weighted by molar-refractivity contribution is -0.286. The van der Waals surface area contributed by atoms with Gasteiger partial charge in [-0.05, 0) is 18.1 Å². The van der Waals surface area contributed by atoms with Gasteiger partial charge in [0.1, 0.15) is 5.75 Å². The van der Waals surface area contributed by atoms with Gasteiger partial charge < -0.3 is 19.9 Å². The van der Waals surface area contributed by atoms with E-state index in [1.165, 1.54) is 19.2 Å². The van der Waals surface area contributed by atoms with Crippen molar-refractivity contribution in [3.63, 3.8) is 0 Å². The summed E-state index contributed by atoms with van der Waals surface area (Å²) in [6.07, 6.45) is -3.66. The molecular weight excluding hydrogens is 242 g/mol. The molecule has 0 saturated heterocycles. The van der Waals surface area contributed by atoms with Crippen molar-refractivity contribution >= 4 is 15.7 Å². The summed E-state index contributed by atoms with van der Waals surface area (Å²) in [5.41, 5.74) is 5.92. The molecule has 2 N–H and O–H groups in total. The van der Waals surface area contributed by atoms with Gasteiger partial charge in [-0.15, -0.1) is 8.78 Å². The van der Waals surface area contributed by atoms with E-state index in [1.807, 2.05) is 0 Å². The molecule has 0 saturated carbocycles. The number of hydrogen-bond donors (Lipinski definition) is 1. The first-order valence-corrected chi connectivity index (χ1v) is 5.03. The van der Waals surface area contributed by atoms with Gasteiger partial charge in [-0.1, -0.05) is 5.34 Å². The summed E-state index contributed by atoms with van der Waals surface area (Å²) in [6.45, 7) is 0. The molecule has 0 fully saturated rings. The summed E-state index contributed by atoms with van der Waals surface area (Å²) in [5, 5.41) is -1.48. The zero-order valence-corrected chi connectivity index (χ0v) is 9.57. The number of methoxy groups -OCH3 is 1. The lowest BCUT2D eigenvalue weighted by Crippen LogP contribution is -2.43. The second kappa shape index (κ2) is 4.05. The number of halogens is 2. The summed E-state index contributed by atoms with van der Waals surface area (Å²) in [5.74, 6) is 0.0677. The monoisotopic (exact) mass is 251 g/mol. The minimum absolute atomic E-state index is 0.0262. The number of alkyl halides is 2. The van der Waals surface area contributed by atoms with E-state index < -0.39 is 11.6 Å². The molecule has 8 heteroatoms. The van der Waals surface area contributed by atoms with E-state index in [9.17, 15) is 8.78 Å². The van der Waals surface area contributed by atoms with Crippen molar-refractivity contribution in [2.24, 2.45) is 5.73 Å². The summed E-state index contributed by atoms with van der Waals surface area (Å²) >= 11 is 0. The van der Waals surface area contributed by atoms with Crippen LogP contribution in [0.3, 0.4) is 0 Å². The fourth-order valence-corrected chi connectivity index (χ4v) is 1.68. The minimum Gasteiger partial charge on any atom is -0.496 e. The third kappa shape index (κ3) is 2.69. The fourth-order valence-electron chi connectivity index (χ4n) is 1.68. The van der Waals surface area contributed by atoms with Gasteiger partial charge in [-0.3, -0.25) is 0 Å². The van der Waals surface area contributed by atoms with Gasteiger partial charge in [0.2, 0.25) is 0 Å². The molecule has 0 bridgehead atoms. The number of fused-ring (bicyclic) bond motifs is 1. The highest BCUT2D eigenvalue weighted by molar-refractivity contribution is 6.39. The molecular formula is C10H9B2F2NO3. The molecule has 1 aliphatic heterocycles. The van der Waals surface area contributed by atoms with E-state index in [0.29, 0.717) is 11.3 Å². The van der Waals surface area contributed by atoms with Gasteiger partial charge in [-0.25, -0.2) is 0 Å². The standard InChI is InChI=1S/C10H9B2F2NO3/c1-16-6-3-8-7(17-10(13,14)18-8)2-5(6)4-9(11,12)15/h2-3H,4,15H2,1H3. The number of nitrogens with two attached hydrogens (primary N) is 1. The average molecular weight is 251 g/mol. The van der Waals surface area contributed by atoms with Crippen LogP contribution in [0.2, 0.25) is 0 Å². The number of hydrogen-bond acceptors (Lipinski definition) is 4. The predicted octanol–water partition coefficient (Wildman–Crippen LogP) is 0.509. The maximum Gasteiger partial charge on any atom is 0.586 e. The first-order valence-electron chi connectivity index (χ1n) is 5.03. The Morgan fingerprint density at radius 2 is 1.89 bits per heavy atom. The zero-order valence-electron chi connectivity index (χ0n) is 9.57. The van der Waals surface area contributed by atoms with Crippen LogP contribution in [-0.2, 0) is 6.42 Å². The predicted molar refractivity (Wildman–Crippen MR) is 61.3 cm³/mol. The van der Waals surface area contributed by atoms with Crippen molar-refractivity contribution in [1.29, 1.82) is 0 Å². The Kier molecular flexibility index (Phi) is 2.93. The Labute approximate surface area is 105 Å². The molecule has 1 aromatic rings. The van der Waals surface area contributed by atoms with Crippen LogP contribution in [-0.4, -0.2) is 34.4 Å². The van der Waals surface area contributed by atoms with E-state index in [2.05, 4.69) is 9.47 Å². The summed E-state index contributed by atoms with van der Waals surface area (Å²) in [7, 11) is 12.3. The molecule has 0 unspecified atom stereocenters. The van der Waals surface area contributed by atoms with Crippen molar-refractivity contribution in [1.82, 2.24) is 0 Å². The molecule has 1 aromatic carbocycles. The van der Waals surface area contributed by atoms with Gasteiger partial charge in [0, 0.05) is 6.07 Å². The van der Waals surface area contributed by atoms with E-state index in [-0.39, 0.29) is 17.9 Å². The first kappa shape index (κ1) is 13.0. The van der Waals surface area contributed by atoms with Gasteiger partial charge in [0.05, 0.1) is 22.8 Å². The maximum absolute atomic E-state index is 12.9. The molecule has 0 aliphatic carbocycles. The van der Waals surface area contributed by atoms with Crippen LogP contribution in [0.5, 0.6) is 17.2 Å². The van der Waals surface area contributed by atoms with Crippen LogP contribution in [0, 0.1) is 0 Å². The molecule has 1 aliphatic rings. The Morgan fingerprint density at radius 1 is 1.33 bits per heavy atom. The normalized spacial score (nSPS) is 16.7. The highest BCUT2D eigenvalue weighted by Gasteiger charge is 2.44. The zero-order chi connectivity index (χ0) is 13.6. The van der Waals surface area contributed by atoms with Crippen LogP contribution in [0.1, 0.15) is 5.56 Å². The highest BCUT2D eigenvalue weighted by Crippen LogP contribution is 2.44. The van der Waals surface area contributed by atoms with Crippen molar-refractivity contribution in [3.05, 3.63) is 17.7 Å². The van der Waals surface area contributed by atoms with Crippen molar-refractivity contribution in [2.75, 3.05) is 7.11 Å². The molecule has 0 amide bonds. The van der Waals surface area contributed by atoms with Gasteiger partial charge in [0.25, 0.3) is 0 Å². The average Bonchev–Trinajstić information content (AvgIpc) is 2.47. The second-order valence-electron chi connectivity index (χ2n) is 4.07. The van der Waals surface area contributed by atoms with Gasteiger partial charge in [-0.2, -0.15) is 0 Å². The SMILES string of the molecule is [B]C([B])(N)Cc1cc2c(cc1OC)OC(F)(F)O2. The molecule has 18 heavy (non-hydrogen) atoms. The molecule has 0 aromatic heterocycles. The maximum atomic E-state index is 12.9. The van der Waals surface area contributed by atoms with Crippen molar-refractivity contribution in [2.45, 2.75) is 18.1 Å². The molecule has 4 radical (unpaired) electrons. The van der Waals surface area contributed by atoms with E-state index in [4.69, 9.17) is 26.2 Å². The summed E-state index contributed by atoms with van der Waals surface area (Å²) < 4.78 is 39.4. The topological polar surface area (TPSA) is 53.7 Å². The van der Waals surface area contributed by atoms with E-state index in [0.717, 1.165) is 0 Å². The molecule has 0 atom stereocenters. The second-order valence-corrected chi connectivity index (χ2v) is 4.07. The quantitative estimate of drug-likeness (QED) is 0.795. The third-order valence-electron chi connectivity index (χ3n) is 2.30. The lowest BCUT2D eigenvalue weighted by Gasteiger charge is -2.21.